The highest BCUT2D eigenvalue weighted by Gasteiger charge is 2.46. The lowest BCUT2D eigenvalue weighted by Crippen LogP contribution is -2.28. The first-order chi connectivity index (χ1) is 66.0. The maximum Gasteiger partial charge on any atom is 0.235 e. The number of hydrogen-bond donors (Lipinski definition) is 0. The average Bonchev–Trinajstić information content (AvgIpc) is 1.54. The fourth-order valence-corrected chi connectivity index (χ4v) is 19.8. The summed E-state index contributed by atoms with van der Waals surface area (Å²) in [6.07, 6.45) is 0. The van der Waals surface area contributed by atoms with Gasteiger partial charge < -0.3 is 0 Å². The van der Waals surface area contributed by atoms with Gasteiger partial charge in [0.15, 0.2) is 0 Å². The maximum absolute atomic E-state index is 5.81. The van der Waals surface area contributed by atoms with Crippen molar-refractivity contribution in [1.82, 2.24) is 19.9 Å². The summed E-state index contributed by atoms with van der Waals surface area (Å²) in [5.74, 6) is 1.16. The van der Waals surface area contributed by atoms with Gasteiger partial charge in [0.2, 0.25) is 11.9 Å². The Morgan fingerprint density at radius 2 is 0.534 bits per heavy atom. The van der Waals surface area contributed by atoms with Crippen LogP contribution in [0.3, 0.4) is 0 Å². The molecule has 24 rings (SSSR count). The lowest BCUT2D eigenvalue weighted by Gasteiger charge is -2.34. The van der Waals surface area contributed by atoms with E-state index in [9.17, 15) is 0 Å². The van der Waals surface area contributed by atoms with Crippen molar-refractivity contribution < 1.29 is 0 Å². The van der Waals surface area contributed by atoms with Crippen LogP contribution in [-0.2, 0) is 5.41 Å². The highest BCUT2D eigenvalue weighted by molar-refractivity contribution is 6.09. The second-order valence-electron chi connectivity index (χ2n) is 33.8. The predicted octanol–water partition coefficient (Wildman–Crippen LogP) is 33.5. The van der Waals surface area contributed by atoms with E-state index in [1.54, 1.807) is 0 Å². The molecule has 1 aliphatic rings. The molecule has 0 amide bonds. The molecule has 0 saturated carbocycles. The van der Waals surface area contributed by atoms with Crippen molar-refractivity contribution in [2.24, 2.45) is 0 Å². The van der Waals surface area contributed by atoms with Gasteiger partial charge in [-0.25, -0.2) is 19.9 Å². The first-order valence-electron chi connectivity index (χ1n) is 45.4. The van der Waals surface area contributed by atoms with Crippen molar-refractivity contribution in [2.75, 3.05) is 9.80 Å². The van der Waals surface area contributed by atoms with Gasteiger partial charge in [0.05, 0.1) is 44.9 Å². The zero-order chi connectivity index (χ0) is 88.4. The summed E-state index contributed by atoms with van der Waals surface area (Å²) in [6.45, 7) is 0. The third kappa shape index (κ3) is 15.1. The van der Waals surface area contributed by atoms with Gasteiger partial charge in [-0.1, -0.05) is 443 Å². The van der Waals surface area contributed by atoms with Gasteiger partial charge in [-0.05, 0) is 201 Å². The van der Waals surface area contributed by atoms with Crippen LogP contribution in [0.2, 0.25) is 0 Å². The molecule has 0 spiro atoms. The van der Waals surface area contributed by atoms with E-state index in [4.69, 9.17) is 19.9 Å². The minimum atomic E-state index is -0.563. The quantitative estimate of drug-likeness (QED) is 0.0853. The molecule has 0 unspecified atom stereocenters. The van der Waals surface area contributed by atoms with Crippen molar-refractivity contribution >= 4 is 78.0 Å². The Balaban J connectivity index is 0.000000151. The second-order valence-corrected chi connectivity index (χ2v) is 33.8. The molecule has 6 nitrogen and oxygen atoms in total. The summed E-state index contributed by atoms with van der Waals surface area (Å²) in [5, 5.41) is 6.51. The lowest BCUT2D eigenvalue weighted by atomic mass is 9.67. The number of hydrogen-bond acceptors (Lipinski definition) is 6. The Bertz CT molecular complexity index is 8050. The zero-order valence-electron chi connectivity index (χ0n) is 72.8. The molecule has 0 atom stereocenters. The number of benzene rings is 21. The summed E-state index contributed by atoms with van der Waals surface area (Å²) in [4.78, 5) is 27.2. The van der Waals surface area contributed by atoms with Crippen LogP contribution in [-0.4, -0.2) is 19.9 Å². The fourth-order valence-electron chi connectivity index (χ4n) is 19.8. The Hall–Kier alpha value is -17.6. The van der Waals surface area contributed by atoms with Crippen LogP contribution >= 0.6 is 0 Å². The number of para-hydroxylation sites is 2. The number of aromatic nitrogens is 4. The molecule has 0 bridgehead atoms. The van der Waals surface area contributed by atoms with Crippen LogP contribution < -0.4 is 9.80 Å². The van der Waals surface area contributed by atoms with Gasteiger partial charge in [0.1, 0.15) is 0 Å². The fraction of sp³-hybridized carbons (Fsp3) is 0.00787. The SMILES string of the molecule is c1ccc(-c2cc(-c3ccccc3)cc(-c3nc(N(c4ccc5ccccc5c4)c4c(-c5ccccc5)cc(-c5ccccc5)cc4-c4ccccc4)nc4ccccc34)c2)cc1.c1ccc(-c2ccc(N(c3nc(-c4ccc5c(c4)C(c4ccccc4)(c4ccccc4)c4ccccc4-5)c4ccccc4n3)c3ccc(-c4ccccc4)c4ccccc34)c(-c3ccccc3)c2)cc1. The standard InChI is InChI=1S/C67H45N3.C60H41N3/c1-6-22-46(23-7-1)49-39-42-64(59(44-49)48-26-10-3-11-27-48)70(63-43-41-53(47-24-8-2-9-25-47)54-32-16-17-34-57(54)63)66-68-62-37-21-19-35-58(62)65(69-66)50-38-40-56-55-33-18-20-36-60(55)67(61(56)45-50,51-28-12-4-13-29-51)52-30-14-5-15-31-52;1-6-20-42(21-7-1)49-36-50(43-22-8-2-9-23-43)38-52(37-49)58-54-32-18-19-33-57(54)61-60(62-58)63(53-35-34-45-26-16-17-31-48(45)39-53)59-55(46-27-12-4-13-28-46)40-51(44-24-10-3-11-25-44)41-56(59)47-29-14-5-15-30-47/h1-45H;1-41H. The molecule has 1 aliphatic carbocycles. The molecular formula is C127H86N6. The maximum atomic E-state index is 5.81. The summed E-state index contributed by atoms with van der Waals surface area (Å²) in [7, 11) is 0. The number of nitrogens with zero attached hydrogens (tertiary/aromatic N) is 6. The Morgan fingerprint density at radius 1 is 0.173 bits per heavy atom. The van der Waals surface area contributed by atoms with E-state index in [1.165, 1.54) is 49.9 Å². The van der Waals surface area contributed by atoms with Gasteiger partial charge >= 0.3 is 0 Å². The van der Waals surface area contributed by atoms with Gasteiger partial charge in [0.25, 0.3) is 0 Å². The van der Waals surface area contributed by atoms with Crippen LogP contribution in [0.4, 0.5) is 34.6 Å². The minimum absolute atomic E-state index is 0.563. The zero-order valence-corrected chi connectivity index (χ0v) is 72.8. The van der Waals surface area contributed by atoms with Gasteiger partial charge in [0, 0.05) is 49.7 Å². The third-order valence-corrected chi connectivity index (χ3v) is 26.0. The Morgan fingerprint density at radius 3 is 1.06 bits per heavy atom. The van der Waals surface area contributed by atoms with E-state index in [0.717, 1.165) is 161 Å². The molecule has 0 radical (unpaired) electrons. The van der Waals surface area contributed by atoms with E-state index in [1.807, 2.05) is 0 Å². The number of fused-ring (bicyclic) bond motifs is 7. The summed E-state index contributed by atoms with van der Waals surface area (Å²) in [5.41, 5.74) is 34.2. The van der Waals surface area contributed by atoms with Crippen LogP contribution in [0.1, 0.15) is 22.3 Å². The molecule has 0 fully saturated rings. The van der Waals surface area contributed by atoms with Gasteiger partial charge in [-0.2, -0.15) is 0 Å². The monoisotopic (exact) mass is 1690 g/mol. The van der Waals surface area contributed by atoms with Crippen LogP contribution in [0.25, 0.3) is 166 Å². The van der Waals surface area contributed by atoms with Crippen molar-refractivity contribution in [3.8, 4) is 123 Å². The molecule has 0 N–H and O–H groups in total. The first kappa shape index (κ1) is 80.0. The topological polar surface area (TPSA) is 58.0 Å². The summed E-state index contributed by atoms with van der Waals surface area (Å²) in [6, 6.07) is 187. The molecule has 2 aromatic heterocycles. The molecule has 6 heteroatoms. The molecule has 0 aliphatic heterocycles. The Labute approximate surface area is 774 Å². The summed E-state index contributed by atoms with van der Waals surface area (Å²) >= 11 is 0. The van der Waals surface area contributed by atoms with Crippen molar-refractivity contribution in [2.45, 2.75) is 5.41 Å². The lowest BCUT2D eigenvalue weighted by molar-refractivity contribution is 0.768. The molecule has 624 valence electrons. The van der Waals surface area contributed by atoms with E-state index in [0.29, 0.717) is 11.9 Å². The normalized spacial score (nSPS) is 11.8. The van der Waals surface area contributed by atoms with E-state index in [2.05, 4.69) is 532 Å². The van der Waals surface area contributed by atoms with Crippen LogP contribution in [0.5, 0.6) is 0 Å². The molecular weight excluding hydrogens is 1610 g/mol. The second kappa shape index (κ2) is 35.2. The third-order valence-electron chi connectivity index (χ3n) is 26.0. The average molecular weight is 1700 g/mol. The smallest absolute Gasteiger partial charge is 0.235 e. The molecule has 133 heavy (non-hydrogen) atoms. The molecule has 23 aromatic rings. The van der Waals surface area contributed by atoms with Gasteiger partial charge in [-0.3, -0.25) is 9.80 Å². The Kier molecular flexibility index (Phi) is 21.2. The molecule has 21 aromatic carbocycles. The van der Waals surface area contributed by atoms with Gasteiger partial charge in [-0.15, -0.1) is 0 Å². The highest BCUT2D eigenvalue weighted by Crippen LogP contribution is 2.58. The highest BCUT2D eigenvalue weighted by atomic mass is 15.3. The number of rotatable bonds is 18. The summed E-state index contributed by atoms with van der Waals surface area (Å²) < 4.78 is 0. The number of anilines is 6. The van der Waals surface area contributed by atoms with E-state index < -0.39 is 5.41 Å². The van der Waals surface area contributed by atoms with Crippen molar-refractivity contribution in [3.63, 3.8) is 0 Å². The first-order valence-corrected chi connectivity index (χ1v) is 45.4. The largest absolute Gasteiger partial charge is 0.278 e. The molecule has 0 saturated heterocycles. The van der Waals surface area contributed by atoms with E-state index >= 15 is 0 Å². The van der Waals surface area contributed by atoms with E-state index in [-0.39, 0.29) is 0 Å². The predicted molar refractivity (Wildman–Crippen MR) is 555 cm³/mol. The van der Waals surface area contributed by atoms with Crippen LogP contribution in [0, 0.1) is 0 Å². The van der Waals surface area contributed by atoms with Crippen molar-refractivity contribution in [1.29, 1.82) is 0 Å². The van der Waals surface area contributed by atoms with Crippen molar-refractivity contribution in [3.05, 3.63) is 544 Å². The minimum Gasteiger partial charge on any atom is -0.278 e. The van der Waals surface area contributed by atoms with Crippen LogP contribution in [0.15, 0.2) is 522 Å². The molecule has 2 heterocycles.